The molecule has 0 saturated heterocycles. The first-order valence-electron chi connectivity index (χ1n) is 23.6. The molecule has 0 aliphatic heterocycles. The Balaban J connectivity index is 0.881. The molecule has 6 heterocycles. The van der Waals surface area contributed by atoms with E-state index in [1.165, 1.54) is 43.1 Å². The van der Waals surface area contributed by atoms with E-state index in [4.69, 9.17) is 9.97 Å². The second-order valence-electron chi connectivity index (χ2n) is 18.0. The molecule has 1 aliphatic carbocycles. The van der Waals surface area contributed by atoms with Gasteiger partial charge in [0.05, 0.1) is 51.4 Å². The largest absolute Gasteiger partial charge is 0.333 e. The second kappa shape index (κ2) is 15.8. The summed E-state index contributed by atoms with van der Waals surface area (Å²) in [6.07, 6.45) is 9.64. The van der Waals surface area contributed by atoms with Crippen molar-refractivity contribution in [3.63, 3.8) is 0 Å². The third-order valence-corrected chi connectivity index (χ3v) is 14.0. The molecule has 324 valence electrons. The number of rotatable bonds is 7. The van der Waals surface area contributed by atoms with Crippen LogP contribution >= 0.6 is 0 Å². The van der Waals surface area contributed by atoms with E-state index in [0.717, 1.165) is 84.8 Å². The van der Waals surface area contributed by atoms with Crippen LogP contribution in [0.4, 0.5) is 0 Å². The van der Waals surface area contributed by atoms with Crippen LogP contribution in [0.3, 0.4) is 0 Å². The van der Waals surface area contributed by atoms with Gasteiger partial charge in [-0.25, -0.2) is 9.97 Å². The molecule has 0 saturated carbocycles. The molecule has 7 aromatic carbocycles. The molecule has 14 rings (SSSR count). The minimum absolute atomic E-state index is 0.104. The lowest BCUT2D eigenvalue weighted by Gasteiger charge is -2.19. The first-order chi connectivity index (χ1) is 34.2. The minimum atomic E-state index is 0.104. The zero-order valence-electron chi connectivity index (χ0n) is 37.5. The first-order valence-corrected chi connectivity index (χ1v) is 23.6. The monoisotopic (exact) mass is 882 g/mol. The number of pyridine rings is 3. The summed E-state index contributed by atoms with van der Waals surface area (Å²) in [4.78, 5) is 15.3. The molecule has 6 nitrogen and oxygen atoms in total. The lowest BCUT2D eigenvalue weighted by molar-refractivity contribution is 0.692. The number of hydrogen-bond acceptors (Lipinski definition) is 3. The van der Waals surface area contributed by atoms with E-state index in [-0.39, 0.29) is 6.04 Å². The van der Waals surface area contributed by atoms with E-state index in [1.807, 2.05) is 12.4 Å². The number of hydrogen-bond donors (Lipinski definition) is 0. The second-order valence-corrected chi connectivity index (χ2v) is 18.0. The molecule has 0 amide bonds. The van der Waals surface area contributed by atoms with Crippen molar-refractivity contribution >= 4 is 66.7 Å². The van der Waals surface area contributed by atoms with Crippen LogP contribution in [0.2, 0.25) is 0 Å². The molecule has 69 heavy (non-hydrogen) atoms. The Hall–Kier alpha value is -9.13. The lowest BCUT2D eigenvalue weighted by atomic mass is 10.0. The van der Waals surface area contributed by atoms with Crippen LogP contribution in [0.1, 0.15) is 12.5 Å². The van der Waals surface area contributed by atoms with Crippen molar-refractivity contribution in [1.29, 1.82) is 0 Å². The molecule has 6 aromatic heterocycles. The SMILES string of the molecule is C1=c2c(n(-c3ccccc3)c3cnccc23)=CCC1n1c2ccccc2c2ccc(-c3cccc(-c4ccc5c(c4)c4ccccc4n5-c4cc(-c5ccccc5)cc(-c5ccccc5)n4)n3)cc21. The number of para-hydroxylation sites is 3. The van der Waals surface area contributed by atoms with Gasteiger partial charge >= 0.3 is 0 Å². The Morgan fingerprint density at radius 3 is 1.84 bits per heavy atom. The maximum Gasteiger partial charge on any atom is 0.138 e. The smallest absolute Gasteiger partial charge is 0.138 e. The fourth-order valence-electron chi connectivity index (χ4n) is 10.9. The van der Waals surface area contributed by atoms with E-state index >= 15 is 0 Å². The summed E-state index contributed by atoms with van der Waals surface area (Å²) in [6.45, 7) is 0. The standard InChI is InChI=1S/C63H42N6/c1-4-15-41(16-5-1)45-36-56(42-17-6-2-7-18-42)66-63(38-45)69-58-26-13-11-22-49(58)52-35-43(28-31-60(52)69)54-23-14-24-55(65-54)44-27-30-50-48-21-10-12-25-57(48)68(61(50)37-44)47-29-32-59-53(39-47)51-33-34-64-40-62(51)67(59)46-19-8-3-9-20-46/h1-28,30-40,47H,29H2. The Morgan fingerprint density at radius 1 is 0.391 bits per heavy atom. The third kappa shape index (κ3) is 6.37. The predicted octanol–water partition coefficient (Wildman–Crippen LogP) is 13.9. The van der Waals surface area contributed by atoms with E-state index in [1.54, 1.807) is 0 Å². The molecule has 0 fully saturated rings. The molecular weight excluding hydrogens is 841 g/mol. The van der Waals surface area contributed by atoms with Gasteiger partial charge in [-0.15, -0.1) is 0 Å². The summed E-state index contributed by atoms with van der Waals surface area (Å²) in [7, 11) is 0. The van der Waals surface area contributed by atoms with Crippen LogP contribution in [0.5, 0.6) is 0 Å². The van der Waals surface area contributed by atoms with Gasteiger partial charge in [0, 0.05) is 71.6 Å². The van der Waals surface area contributed by atoms with Crippen molar-refractivity contribution in [2.75, 3.05) is 0 Å². The van der Waals surface area contributed by atoms with Gasteiger partial charge in [0.15, 0.2) is 0 Å². The highest BCUT2D eigenvalue weighted by atomic mass is 15.1. The number of fused-ring (bicyclic) bond motifs is 9. The highest BCUT2D eigenvalue weighted by molar-refractivity contribution is 6.11. The van der Waals surface area contributed by atoms with Crippen molar-refractivity contribution in [3.8, 4) is 56.4 Å². The number of aromatic nitrogens is 6. The van der Waals surface area contributed by atoms with Gasteiger partial charge in [0.1, 0.15) is 5.82 Å². The van der Waals surface area contributed by atoms with Gasteiger partial charge in [-0.1, -0.05) is 152 Å². The van der Waals surface area contributed by atoms with Crippen molar-refractivity contribution < 1.29 is 0 Å². The third-order valence-electron chi connectivity index (χ3n) is 14.0. The van der Waals surface area contributed by atoms with E-state index in [2.05, 4.69) is 243 Å². The van der Waals surface area contributed by atoms with Crippen molar-refractivity contribution in [2.45, 2.75) is 12.5 Å². The van der Waals surface area contributed by atoms with Gasteiger partial charge < -0.3 is 9.13 Å². The normalized spacial score (nSPS) is 13.5. The molecule has 1 unspecified atom stereocenters. The highest BCUT2D eigenvalue weighted by Crippen LogP contribution is 2.39. The first kappa shape index (κ1) is 39.1. The van der Waals surface area contributed by atoms with Crippen LogP contribution in [0.15, 0.2) is 225 Å². The molecule has 1 atom stereocenters. The van der Waals surface area contributed by atoms with Crippen molar-refractivity contribution in [1.82, 2.24) is 28.7 Å². The van der Waals surface area contributed by atoms with Crippen LogP contribution in [0, 0.1) is 0 Å². The van der Waals surface area contributed by atoms with Crippen LogP contribution in [-0.2, 0) is 0 Å². The lowest BCUT2D eigenvalue weighted by Crippen LogP contribution is -2.32. The molecule has 0 N–H and O–H groups in total. The van der Waals surface area contributed by atoms with Crippen LogP contribution in [0.25, 0.3) is 123 Å². The van der Waals surface area contributed by atoms with Gasteiger partial charge in [-0.2, -0.15) is 0 Å². The van der Waals surface area contributed by atoms with Gasteiger partial charge in [0.25, 0.3) is 0 Å². The summed E-state index contributed by atoms with van der Waals surface area (Å²) in [5.74, 6) is 0.877. The summed E-state index contributed by atoms with van der Waals surface area (Å²) in [6, 6.07) is 75.8. The van der Waals surface area contributed by atoms with E-state index in [0.29, 0.717) is 0 Å². The Labute approximate surface area is 397 Å². The van der Waals surface area contributed by atoms with Crippen molar-refractivity contribution in [2.24, 2.45) is 0 Å². The van der Waals surface area contributed by atoms with E-state index in [9.17, 15) is 0 Å². The maximum absolute atomic E-state index is 5.40. The van der Waals surface area contributed by atoms with Gasteiger partial charge in [-0.05, 0) is 90.3 Å². The van der Waals surface area contributed by atoms with Crippen molar-refractivity contribution in [3.05, 3.63) is 235 Å². The van der Waals surface area contributed by atoms with Crippen LogP contribution in [-0.4, -0.2) is 28.7 Å². The molecule has 0 spiro atoms. The predicted molar refractivity (Wildman–Crippen MR) is 284 cm³/mol. The fourth-order valence-corrected chi connectivity index (χ4v) is 10.9. The molecule has 6 heteroatoms. The summed E-state index contributed by atoms with van der Waals surface area (Å²) in [5.41, 5.74) is 15.2. The van der Waals surface area contributed by atoms with Gasteiger partial charge in [0.2, 0.25) is 0 Å². The maximum atomic E-state index is 5.40. The molecule has 1 aliphatic rings. The zero-order chi connectivity index (χ0) is 45.4. The quantitative estimate of drug-likeness (QED) is 0.160. The number of benzene rings is 7. The number of nitrogens with zero attached hydrogens (tertiary/aromatic N) is 6. The molecule has 13 aromatic rings. The van der Waals surface area contributed by atoms with Gasteiger partial charge in [-0.3, -0.25) is 9.55 Å². The van der Waals surface area contributed by atoms with Crippen LogP contribution < -0.4 is 10.6 Å². The summed E-state index contributed by atoms with van der Waals surface area (Å²) >= 11 is 0. The Kier molecular flexibility index (Phi) is 8.92. The zero-order valence-corrected chi connectivity index (χ0v) is 37.5. The summed E-state index contributed by atoms with van der Waals surface area (Å²) < 4.78 is 7.21. The fraction of sp³-hybridized carbons (Fsp3) is 0.0317. The molecule has 0 radical (unpaired) electrons. The molecule has 0 bridgehead atoms. The molecular formula is C63H42N6. The topological polar surface area (TPSA) is 53.5 Å². The Bertz CT molecular complexity index is 4220. The Morgan fingerprint density at radius 2 is 1.04 bits per heavy atom. The summed E-state index contributed by atoms with van der Waals surface area (Å²) in [5, 5.41) is 8.49. The average molecular weight is 883 g/mol. The van der Waals surface area contributed by atoms with E-state index < -0.39 is 0 Å². The highest BCUT2D eigenvalue weighted by Gasteiger charge is 2.22. The minimum Gasteiger partial charge on any atom is -0.333 e. The average Bonchev–Trinajstić information content (AvgIpc) is 4.06.